The Kier molecular flexibility index (Phi) is 6.99. The Labute approximate surface area is 239 Å². The molecule has 8 heteroatoms. The standard InChI is InChI=1S/C30H28N2O2S4/c1-4-29(33)31-15-26(22-8-11-36-19(22)3)24-13-20(38-28(24)17-31)5-6-30(34)32-14-25(21-7-10-35-18(21)2)23-9-12-37-27(23)16-32/h4-13,25-26H,1,14-17H2,2-3H3/b6-5+/t25-,26+/m1/s1. The molecule has 0 spiro atoms. The largest absolute Gasteiger partial charge is 0.333 e. The van der Waals surface area contributed by atoms with E-state index in [4.69, 9.17) is 0 Å². The Bertz CT molecular complexity index is 1550. The summed E-state index contributed by atoms with van der Waals surface area (Å²) in [5, 5.41) is 6.41. The number of amides is 2. The molecule has 2 aliphatic heterocycles. The second-order valence-corrected chi connectivity index (χ2v) is 14.2. The smallest absolute Gasteiger partial charge is 0.246 e. The maximum absolute atomic E-state index is 13.4. The number of fused-ring (bicyclic) bond motifs is 2. The summed E-state index contributed by atoms with van der Waals surface area (Å²) in [5.41, 5.74) is 5.24. The summed E-state index contributed by atoms with van der Waals surface area (Å²) < 4.78 is 0. The Morgan fingerprint density at radius 1 is 0.816 bits per heavy atom. The second kappa shape index (κ2) is 10.4. The zero-order valence-electron chi connectivity index (χ0n) is 21.3. The number of hydrogen-bond acceptors (Lipinski definition) is 6. The minimum absolute atomic E-state index is 0.0392. The average molecular weight is 577 g/mol. The highest BCUT2D eigenvalue weighted by Gasteiger charge is 2.32. The molecule has 0 N–H and O–H groups in total. The number of aryl methyl sites for hydroxylation is 2. The van der Waals surface area contributed by atoms with E-state index < -0.39 is 0 Å². The summed E-state index contributed by atoms with van der Waals surface area (Å²) in [4.78, 5) is 35.9. The predicted octanol–water partition coefficient (Wildman–Crippen LogP) is 7.40. The lowest BCUT2D eigenvalue weighted by atomic mass is 9.88. The number of carbonyl (C=O) groups excluding carboxylic acids is 2. The van der Waals surface area contributed by atoms with Crippen LogP contribution in [0.1, 0.15) is 58.5 Å². The van der Waals surface area contributed by atoms with E-state index in [1.165, 1.54) is 47.8 Å². The van der Waals surface area contributed by atoms with E-state index in [0.717, 1.165) is 4.88 Å². The van der Waals surface area contributed by atoms with E-state index in [1.807, 2.05) is 15.9 Å². The van der Waals surface area contributed by atoms with E-state index >= 15 is 0 Å². The van der Waals surface area contributed by atoms with E-state index in [2.05, 4.69) is 60.8 Å². The second-order valence-electron chi connectivity index (χ2n) is 9.77. The van der Waals surface area contributed by atoms with E-state index in [-0.39, 0.29) is 23.7 Å². The summed E-state index contributed by atoms with van der Waals surface area (Å²) in [6.07, 6.45) is 5.08. The van der Waals surface area contributed by atoms with Gasteiger partial charge in [0, 0.05) is 55.4 Å². The van der Waals surface area contributed by atoms with Crippen LogP contribution < -0.4 is 0 Å². The molecular weight excluding hydrogens is 549 g/mol. The number of thiophene rings is 4. The van der Waals surface area contributed by atoms with Crippen molar-refractivity contribution in [2.75, 3.05) is 13.1 Å². The number of carbonyl (C=O) groups is 2. The quantitative estimate of drug-likeness (QED) is 0.232. The Balaban J connectivity index is 1.25. The van der Waals surface area contributed by atoms with Gasteiger partial charge in [-0.05, 0) is 88.7 Å². The van der Waals surface area contributed by atoms with Crippen molar-refractivity contribution in [2.45, 2.75) is 38.8 Å². The summed E-state index contributed by atoms with van der Waals surface area (Å²) in [7, 11) is 0. The van der Waals surface area contributed by atoms with Crippen molar-refractivity contribution in [3.63, 3.8) is 0 Å². The highest BCUT2D eigenvalue weighted by atomic mass is 32.1. The molecule has 2 amide bonds. The molecule has 0 unspecified atom stereocenters. The van der Waals surface area contributed by atoms with Crippen molar-refractivity contribution >= 4 is 63.2 Å². The predicted molar refractivity (Wildman–Crippen MR) is 161 cm³/mol. The summed E-state index contributed by atoms with van der Waals surface area (Å²) in [6.45, 7) is 10.6. The lowest BCUT2D eigenvalue weighted by Gasteiger charge is -2.32. The van der Waals surface area contributed by atoms with Crippen LogP contribution in [-0.4, -0.2) is 34.7 Å². The van der Waals surface area contributed by atoms with Crippen LogP contribution >= 0.6 is 45.3 Å². The van der Waals surface area contributed by atoms with Crippen molar-refractivity contribution in [3.8, 4) is 0 Å². The van der Waals surface area contributed by atoms with Gasteiger partial charge in [0.2, 0.25) is 11.8 Å². The molecule has 2 atom stereocenters. The van der Waals surface area contributed by atoms with Gasteiger partial charge in [0.05, 0.1) is 13.1 Å². The zero-order valence-corrected chi connectivity index (χ0v) is 24.6. The van der Waals surface area contributed by atoms with Crippen LogP contribution in [0.25, 0.3) is 6.08 Å². The lowest BCUT2D eigenvalue weighted by molar-refractivity contribution is -0.127. The lowest BCUT2D eigenvalue weighted by Crippen LogP contribution is -2.37. The van der Waals surface area contributed by atoms with E-state index in [1.54, 1.807) is 51.4 Å². The highest BCUT2D eigenvalue weighted by Crippen LogP contribution is 2.42. The molecule has 6 rings (SSSR count). The minimum Gasteiger partial charge on any atom is -0.333 e. The molecule has 4 aromatic rings. The van der Waals surface area contributed by atoms with Gasteiger partial charge in [0.25, 0.3) is 0 Å². The fraction of sp³-hybridized carbons (Fsp3) is 0.267. The summed E-state index contributed by atoms with van der Waals surface area (Å²) in [6, 6.07) is 8.82. The first-order chi connectivity index (χ1) is 18.4. The third kappa shape index (κ3) is 4.64. The van der Waals surface area contributed by atoms with Crippen LogP contribution in [0, 0.1) is 13.8 Å². The van der Waals surface area contributed by atoms with Crippen LogP contribution in [0.3, 0.4) is 0 Å². The average Bonchev–Trinajstić information content (AvgIpc) is 3.72. The Morgan fingerprint density at radius 2 is 1.39 bits per heavy atom. The third-order valence-corrected chi connectivity index (χ3v) is 11.3. The number of nitrogens with zero attached hydrogens (tertiary/aromatic N) is 2. The molecule has 38 heavy (non-hydrogen) atoms. The minimum atomic E-state index is -0.0392. The van der Waals surface area contributed by atoms with Crippen LogP contribution in [0.15, 0.2) is 59.1 Å². The molecule has 4 aromatic heterocycles. The van der Waals surface area contributed by atoms with Gasteiger partial charge in [-0.15, -0.1) is 45.3 Å². The zero-order chi connectivity index (χ0) is 26.4. The molecule has 2 aliphatic rings. The van der Waals surface area contributed by atoms with Crippen LogP contribution in [0.2, 0.25) is 0 Å². The van der Waals surface area contributed by atoms with E-state index in [9.17, 15) is 9.59 Å². The van der Waals surface area contributed by atoms with Gasteiger partial charge >= 0.3 is 0 Å². The molecule has 6 heterocycles. The molecule has 0 saturated heterocycles. The summed E-state index contributed by atoms with van der Waals surface area (Å²) in [5.74, 6) is 0.368. The molecule has 0 fully saturated rings. The first kappa shape index (κ1) is 25.5. The normalized spacial score (nSPS) is 19.0. The molecule has 194 valence electrons. The van der Waals surface area contributed by atoms with Gasteiger partial charge in [-0.1, -0.05) is 6.58 Å². The van der Waals surface area contributed by atoms with Crippen LogP contribution in [0.5, 0.6) is 0 Å². The molecule has 0 radical (unpaired) electrons. The maximum Gasteiger partial charge on any atom is 0.246 e. The van der Waals surface area contributed by atoms with Gasteiger partial charge in [-0.25, -0.2) is 0 Å². The summed E-state index contributed by atoms with van der Waals surface area (Å²) >= 11 is 6.92. The maximum atomic E-state index is 13.4. The van der Waals surface area contributed by atoms with Gasteiger partial charge in [0.1, 0.15) is 0 Å². The molecule has 0 aromatic carbocycles. The SMILES string of the molecule is C=CC(=O)N1Cc2sc(/C=C/C(=O)N3Cc4sccc4[C@@H](c4ccsc4C)C3)cc2[C@H](c2ccsc2C)C1. The first-order valence-corrected chi connectivity index (χ1v) is 16.0. The van der Waals surface area contributed by atoms with Crippen molar-refractivity contribution in [1.29, 1.82) is 0 Å². The third-order valence-electron chi connectivity index (χ3n) is 7.60. The first-order valence-electron chi connectivity index (χ1n) is 12.6. The highest BCUT2D eigenvalue weighted by molar-refractivity contribution is 7.13. The topological polar surface area (TPSA) is 40.6 Å². The van der Waals surface area contributed by atoms with Crippen molar-refractivity contribution in [2.24, 2.45) is 0 Å². The van der Waals surface area contributed by atoms with Crippen LogP contribution in [-0.2, 0) is 22.7 Å². The van der Waals surface area contributed by atoms with Gasteiger partial charge in [-0.2, -0.15) is 0 Å². The van der Waals surface area contributed by atoms with E-state index in [0.29, 0.717) is 26.2 Å². The van der Waals surface area contributed by atoms with Gasteiger partial charge < -0.3 is 9.80 Å². The van der Waals surface area contributed by atoms with Crippen molar-refractivity contribution in [3.05, 3.63) is 106 Å². The van der Waals surface area contributed by atoms with Gasteiger partial charge in [-0.3, -0.25) is 9.59 Å². The Hall–Kier alpha value is -2.78. The molecular formula is C30H28N2O2S4. The number of hydrogen-bond donors (Lipinski definition) is 0. The van der Waals surface area contributed by atoms with Crippen molar-refractivity contribution < 1.29 is 9.59 Å². The van der Waals surface area contributed by atoms with Crippen LogP contribution in [0.4, 0.5) is 0 Å². The Morgan fingerprint density at radius 3 is 2.03 bits per heavy atom. The fourth-order valence-corrected chi connectivity index (χ4v) is 9.27. The molecule has 4 nitrogen and oxygen atoms in total. The number of rotatable bonds is 5. The molecule has 0 bridgehead atoms. The van der Waals surface area contributed by atoms with Crippen molar-refractivity contribution in [1.82, 2.24) is 9.80 Å². The fourth-order valence-electron chi connectivity index (χ4n) is 5.64. The monoisotopic (exact) mass is 576 g/mol. The molecule has 0 saturated carbocycles. The molecule has 0 aliphatic carbocycles. The van der Waals surface area contributed by atoms with Gasteiger partial charge in [0.15, 0.2) is 0 Å².